The second-order valence-corrected chi connectivity index (χ2v) is 5.14. The Morgan fingerprint density at radius 3 is 2.74 bits per heavy atom. The van der Waals surface area contributed by atoms with Gasteiger partial charge >= 0.3 is 0 Å². The van der Waals surface area contributed by atoms with Crippen molar-refractivity contribution >= 4 is 35.0 Å². The minimum absolute atomic E-state index is 0. The molecule has 0 saturated carbocycles. The molecule has 1 aliphatic rings. The average molecular weight is 353 g/mol. The van der Waals surface area contributed by atoms with Crippen molar-refractivity contribution < 1.29 is 22.4 Å². The van der Waals surface area contributed by atoms with E-state index in [1.54, 1.807) is 0 Å². The summed E-state index contributed by atoms with van der Waals surface area (Å²) in [6, 6.07) is 3.39. The number of alkyl halides is 4. The van der Waals surface area contributed by atoms with Crippen LogP contribution in [-0.2, 0) is 4.79 Å². The maximum Gasteiger partial charge on any atom is 0.295 e. The van der Waals surface area contributed by atoms with Gasteiger partial charge in [-0.3, -0.25) is 10.1 Å². The molecule has 1 aromatic carbocycles. The molecule has 3 N–H and O–H groups in total. The quantitative estimate of drug-likeness (QED) is 0.744. The zero-order valence-corrected chi connectivity index (χ0v) is 12.4. The summed E-state index contributed by atoms with van der Waals surface area (Å²) < 4.78 is 51.2. The lowest BCUT2D eigenvalue weighted by molar-refractivity contribution is -0.118. The number of aromatic amines is 1. The fraction of sp³-hybridized carbons (Fsp3) is 0.385. The fourth-order valence-electron chi connectivity index (χ4n) is 2.34. The van der Waals surface area contributed by atoms with Gasteiger partial charge in [0.25, 0.3) is 12.3 Å². The first-order valence-electron chi connectivity index (χ1n) is 6.54. The second kappa shape index (κ2) is 6.32. The maximum absolute atomic E-state index is 13.1. The molecule has 0 aliphatic carbocycles. The molecule has 1 aliphatic heterocycles. The van der Waals surface area contributed by atoms with Gasteiger partial charge in [-0.2, -0.15) is 0 Å². The third kappa shape index (κ3) is 3.73. The Morgan fingerprint density at radius 1 is 1.39 bits per heavy atom. The molecule has 1 fully saturated rings. The molecule has 0 radical (unpaired) electrons. The minimum Gasteiger partial charge on any atom is -0.337 e. The smallest absolute Gasteiger partial charge is 0.295 e. The van der Waals surface area contributed by atoms with Gasteiger partial charge in [0.15, 0.2) is 5.82 Å². The Morgan fingerprint density at radius 2 is 2.13 bits per heavy atom. The molecule has 10 heteroatoms. The van der Waals surface area contributed by atoms with Crippen LogP contribution in [0.15, 0.2) is 18.2 Å². The number of amides is 1. The van der Waals surface area contributed by atoms with Gasteiger partial charge in [0.1, 0.15) is 0 Å². The highest BCUT2D eigenvalue weighted by Gasteiger charge is 2.42. The van der Waals surface area contributed by atoms with Gasteiger partial charge in [-0.25, -0.2) is 22.5 Å². The Balaban J connectivity index is 0.00000192. The van der Waals surface area contributed by atoms with Crippen molar-refractivity contribution in [2.45, 2.75) is 24.8 Å². The number of aromatic nitrogens is 2. The van der Waals surface area contributed by atoms with Gasteiger partial charge in [-0.1, -0.05) is 0 Å². The summed E-state index contributed by atoms with van der Waals surface area (Å²) in [5, 5.41) is 4.92. The number of carbonyl (C=O) groups is 1. The van der Waals surface area contributed by atoms with Crippen LogP contribution < -0.4 is 10.6 Å². The topological polar surface area (TPSA) is 69.8 Å². The van der Waals surface area contributed by atoms with Crippen LogP contribution in [0.2, 0.25) is 0 Å². The number of nitrogens with zero attached hydrogens (tertiary/aromatic N) is 1. The van der Waals surface area contributed by atoms with Gasteiger partial charge in [-0.05, 0) is 18.2 Å². The molecule has 0 bridgehead atoms. The third-order valence-corrected chi connectivity index (χ3v) is 3.40. The number of nitrogens with one attached hydrogen (secondary N) is 3. The summed E-state index contributed by atoms with van der Waals surface area (Å²) in [6.45, 7) is -0.539. The number of benzene rings is 1. The van der Waals surface area contributed by atoms with E-state index in [0.29, 0.717) is 16.7 Å². The monoisotopic (exact) mass is 352 g/mol. The summed E-state index contributed by atoms with van der Waals surface area (Å²) >= 11 is 0. The van der Waals surface area contributed by atoms with E-state index < -0.39 is 43.1 Å². The molecule has 1 saturated heterocycles. The lowest BCUT2D eigenvalue weighted by atomic mass is 10.2. The number of anilines is 1. The van der Waals surface area contributed by atoms with Crippen LogP contribution in [0.5, 0.6) is 0 Å². The minimum atomic E-state index is -2.90. The van der Waals surface area contributed by atoms with E-state index in [1.807, 2.05) is 0 Å². The van der Waals surface area contributed by atoms with E-state index in [1.165, 1.54) is 18.2 Å². The van der Waals surface area contributed by atoms with Crippen LogP contribution in [0.4, 0.5) is 23.2 Å². The van der Waals surface area contributed by atoms with Crippen molar-refractivity contribution in [2.75, 3.05) is 11.9 Å². The zero-order valence-electron chi connectivity index (χ0n) is 11.6. The first-order valence-corrected chi connectivity index (χ1v) is 6.54. The average Bonchev–Trinajstić information content (AvgIpc) is 3.01. The summed E-state index contributed by atoms with van der Waals surface area (Å²) in [5.74, 6) is -3.96. The number of H-pyrrole nitrogens is 1. The third-order valence-electron chi connectivity index (χ3n) is 3.40. The highest BCUT2D eigenvalue weighted by molar-refractivity contribution is 5.96. The molecule has 2 aromatic rings. The zero-order chi connectivity index (χ0) is 15.9. The number of imidazole rings is 1. The molecule has 2 heterocycles. The first kappa shape index (κ1) is 17.5. The van der Waals surface area contributed by atoms with Crippen molar-refractivity contribution in [3.63, 3.8) is 0 Å². The van der Waals surface area contributed by atoms with Gasteiger partial charge in [-0.15, -0.1) is 12.4 Å². The SMILES string of the molecule is Cl.O=C(Nc1ccc2nc(C(F)F)[nH]c2c1)C1CC(F)(F)CN1. The second-order valence-electron chi connectivity index (χ2n) is 5.14. The molecule has 3 rings (SSSR count). The van der Waals surface area contributed by atoms with E-state index in [-0.39, 0.29) is 12.4 Å². The highest BCUT2D eigenvalue weighted by Crippen LogP contribution is 2.26. The van der Waals surface area contributed by atoms with E-state index in [2.05, 4.69) is 20.6 Å². The molecule has 1 aromatic heterocycles. The molecule has 126 valence electrons. The Kier molecular flexibility index (Phi) is 4.81. The van der Waals surface area contributed by atoms with Crippen LogP contribution in [0, 0.1) is 0 Å². The van der Waals surface area contributed by atoms with Crippen molar-refractivity contribution in [3.8, 4) is 0 Å². The van der Waals surface area contributed by atoms with Gasteiger partial charge in [0.2, 0.25) is 5.91 Å². The Bertz CT molecular complexity index is 721. The van der Waals surface area contributed by atoms with Gasteiger partial charge in [0, 0.05) is 12.1 Å². The van der Waals surface area contributed by atoms with Crippen molar-refractivity contribution in [1.82, 2.24) is 15.3 Å². The van der Waals surface area contributed by atoms with Crippen molar-refractivity contribution in [1.29, 1.82) is 0 Å². The van der Waals surface area contributed by atoms with Crippen LogP contribution in [0.25, 0.3) is 11.0 Å². The number of hydrogen-bond acceptors (Lipinski definition) is 3. The lowest BCUT2D eigenvalue weighted by Crippen LogP contribution is -2.35. The van der Waals surface area contributed by atoms with Crippen LogP contribution in [0.1, 0.15) is 18.7 Å². The molecular weight excluding hydrogens is 340 g/mol. The summed E-state index contributed by atoms with van der Waals surface area (Å²) in [6.07, 6.45) is -3.30. The van der Waals surface area contributed by atoms with E-state index in [4.69, 9.17) is 0 Å². The van der Waals surface area contributed by atoms with Crippen LogP contribution >= 0.6 is 12.4 Å². The summed E-state index contributed by atoms with van der Waals surface area (Å²) in [5.41, 5.74) is 0.982. The van der Waals surface area contributed by atoms with Gasteiger partial charge < -0.3 is 10.3 Å². The number of hydrogen-bond donors (Lipinski definition) is 3. The van der Waals surface area contributed by atoms with E-state index >= 15 is 0 Å². The molecule has 23 heavy (non-hydrogen) atoms. The summed E-state index contributed by atoms with van der Waals surface area (Å²) in [7, 11) is 0. The lowest BCUT2D eigenvalue weighted by Gasteiger charge is -2.11. The predicted octanol–water partition coefficient (Wildman–Crippen LogP) is 2.86. The maximum atomic E-state index is 13.1. The number of fused-ring (bicyclic) bond motifs is 1. The highest BCUT2D eigenvalue weighted by atomic mass is 35.5. The predicted molar refractivity (Wildman–Crippen MR) is 78.3 cm³/mol. The standard InChI is InChI=1S/C13H12F4N4O.ClH/c14-10(15)11-20-7-2-1-6(3-8(7)21-11)19-12(22)9-4-13(16,17)5-18-9;/h1-3,9-10,18H,4-5H2,(H,19,22)(H,20,21);1H. The number of carbonyl (C=O) groups excluding carboxylic acids is 1. The molecule has 1 atom stereocenters. The first-order chi connectivity index (χ1) is 10.3. The molecular formula is C13H13ClF4N4O. The fourth-order valence-corrected chi connectivity index (χ4v) is 2.34. The molecule has 5 nitrogen and oxygen atoms in total. The molecule has 1 amide bonds. The summed E-state index contributed by atoms with van der Waals surface area (Å²) in [4.78, 5) is 18.0. The molecule has 1 unspecified atom stereocenters. The van der Waals surface area contributed by atoms with Gasteiger partial charge in [0.05, 0.1) is 23.6 Å². The normalized spacial score (nSPS) is 19.8. The number of rotatable bonds is 3. The van der Waals surface area contributed by atoms with Crippen molar-refractivity contribution in [2.24, 2.45) is 0 Å². The Labute approximate surface area is 134 Å². The van der Waals surface area contributed by atoms with Crippen LogP contribution in [-0.4, -0.2) is 34.4 Å². The van der Waals surface area contributed by atoms with E-state index in [0.717, 1.165) is 0 Å². The van der Waals surface area contributed by atoms with Crippen molar-refractivity contribution in [3.05, 3.63) is 24.0 Å². The largest absolute Gasteiger partial charge is 0.337 e. The van der Waals surface area contributed by atoms with Crippen LogP contribution in [0.3, 0.4) is 0 Å². The van der Waals surface area contributed by atoms with E-state index in [9.17, 15) is 22.4 Å². The number of halogens is 5. The Hall–Kier alpha value is -1.87. The molecule has 0 spiro atoms.